The molecule has 12 heavy (non-hydrogen) atoms. The molecule has 0 aromatic rings. The molecule has 0 amide bonds. The molecule has 0 heterocycles. The fourth-order valence-corrected chi connectivity index (χ4v) is 1.83. The standard InChI is InChI=1S/C9H19OS.ClH/c1-5-9(8(2)10)6-7-11(3)4;/h9H,5-7H2,1-4H3;1H/q+1;/p-1/t9-;/m0./s1. The maximum absolute atomic E-state index is 11.0. The Balaban J connectivity index is 0. The molecule has 0 aliphatic heterocycles. The molecule has 0 spiro atoms. The number of ketones is 1. The van der Waals surface area contributed by atoms with Crippen molar-refractivity contribution >= 4 is 16.7 Å². The summed E-state index contributed by atoms with van der Waals surface area (Å²) in [7, 11) is 0.493. The molecule has 0 fully saturated rings. The molecule has 0 N–H and O–H groups in total. The van der Waals surface area contributed by atoms with Crippen LogP contribution in [0.15, 0.2) is 0 Å². The summed E-state index contributed by atoms with van der Waals surface area (Å²) < 4.78 is 0. The molecule has 0 saturated heterocycles. The first-order chi connectivity index (χ1) is 5.07. The molecule has 74 valence electrons. The average Bonchev–Trinajstić information content (AvgIpc) is 1.87. The second-order valence-electron chi connectivity index (χ2n) is 3.19. The van der Waals surface area contributed by atoms with Crippen LogP contribution in [-0.4, -0.2) is 24.0 Å². The summed E-state index contributed by atoms with van der Waals surface area (Å²) in [5.41, 5.74) is 0. The fraction of sp³-hybridized carbons (Fsp3) is 0.889. The topological polar surface area (TPSA) is 17.1 Å². The van der Waals surface area contributed by atoms with E-state index in [9.17, 15) is 4.79 Å². The van der Waals surface area contributed by atoms with Crippen LogP contribution in [0, 0.1) is 5.92 Å². The maximum Gasteiger partial charge on any atom is 0.133 e. The van der Waals surface area contributed by atoms with Crippen LogP contribution < -0.4 is 12.4 Å². The summed E-state index contributed by atoms with van der Waals surface area (Å²) in [5.74, 6) is 1.89. The highest BCUT2D eigenvalue weighted by Gasteiger charge is 2.14. The van der Waals surface area contributed by atoms with E-state index in [4.69, 9.17) is 0 Å². The Kier molecular flexibility index (Phi) is 9.79. The van der Waals surface area contributed by atoms with Crippen LogP contribution >= 0.6 is 0 Å². The van der Waals surface area contributed by atoms with Gasteiger partial charge in [-0.15, -0.1) is 0 Å². The molecule has 0 radical (unpaired) electrons. The Hall–Kier alpha value is 0.310. The minimum Gasteiger partial charge on any atom is -1.00 e. The predicted molar refractivity (Wildman–Crippen MR) is 53.2 cm³/mol. The molecular weight excluding hydrogens is 192 g/mol. The fourth-order valence-electron chi connectivity index (χ4n) is 1.07. The molecule has 0 aromatic heterocycles. The number of carbonyl (C=O) groups excluding carboxylic acids is 1. The number of hydrogen-bond donors (Lipinski definition) is 0. The highest BCUT2D eigenvalue weighted by molar-refractivity contribution is 7.95. The quantitative estimate of drug-likeness (QED) is 0.526. The summed E-state index contributed by atoms with van der Waals surface area (Å²) in [4.78, 5) is 11.0. The van der Waals surface area contributed by atoms with Crippen molar-refractivity contribution in [2.24, 2.45) is 5.92 Å². The molecule has 0 bridgehead atoms. The first-order valence-electron chi connectivity index (χ1n) is 4.12. The van der Waals surface area contributed by atoms with Gasteiger partial charge in [-0.3, -0.25) is 4.79 Å². The van der Waals surface area contributed by atoms with Crippen LogP contribution in [0.3, 0.4) is 0 Å². The molecule has 0 rings (SSSR count). The summed E-state index contributed by atoms with van der Waals surface area (Å²) in [6, 6.07) is 0. The van der Waals surface area contributed by atoms with Gasteiger partial charge in [0.15, 0.2) is 0 Å². The molecule has 0 aliphatic rings. The lowest BCUT2D eigenvalue weighted by Gasteiger charge is -2.08. The Morgan fingerprint density at radius 3 is 2.17 bits per heavy atom. The van der Waals surface area contributed by atoms with E-state index in [1.54, 1.807) is 6.92 Å². The molecule has 0 unspecified atom stereocenters. The van der Waals surface area contributed by atoms with Crippen molar-refractivity contribution in [3.8, 4) is 0 Å². The third-order valence-electron chi connectivity index (χ3n) is 1.94. The zero-order valence-corrected chi connectivity index (χ0v) is 9.97. The van der Waals surface area contributed by atoms with Crippen molar-refractivity contribution < 1.29 is 17.2 Å². The number of halogens is 1. The van der Waals surface area contributed by atoms with Gasteiger partial charge in [-0.05, 0) is 24.2 Å². The van der Waals surface area contributed by atoms with Crippen LogP contribution in [0.5, 0.6) is 0 Å². The van der Waals surface area contributed by atoms with E-state index in [1.807, 2.05) is 0 Å². The lowest BCUT2D eigenvalue weighted by molar-refractivity contribution is -0.120. The van der Waals surface area contributed by atoms with E-state index >= 15 is 0 Å². The molecule has 1 atom stereocenters. The second kappa shape index (κ2) is 7.93. The van der Waals surface area contributed by atoms with Gasteiger partial charge in [-0.2, -0.15) is 0 Å². The van der Waals surface area contributed by atoms with Crippen LogP contribution in [0.25, 0.3) is 0 Å². The van der Waals surface area contributed by atoms with Gasteiger partial charge < -0.3 is 12.4 Å². The van der Waals surface area contributed by atoms with E-state index in [0.717, 1.165) is 12.8 Å². The Morgan fingerprint density at radius 1 is 1.42 bits per heavy atom. The van der Waals surface area contributed by atoms with E-state index in [1.165, 1.54) is 5.75 Å². The van der Waals surface area contributed by atoms with Crippen molar-refractivity contribution in [2.45, 2.75) is 26.7 Å². The Bertz CT molecular complexity index is 126. The minimum absolute atomic E-state index is 0. The summed E-state index contributed by atoms with van der Waals surface area (Å²) in [5, 5.41) is 0. The van der Waals surface area contributed by atoms with Crippen LogP contribution in [0.4, 0.5) is 0 Å². The largest absolute Gasteiger partial charge is 1.00 e. The summed E-state index contributed by atoms with van der Waals surface area (Å²) in [6.45, 7) is 3.80. The van der Waals surface area contributed by atoms with Crippen LogP contribution in [-0.2, 0) is 15.7 Å². The minimum atomic E-state index is 0. The normalized spacial score (nSPS) is 12.4. The van der Waals surface area contributed by atoms with Gasteiger partial charge in [0.25, 0.3) is 0 Å². The Morgan fingerprint density at radius 2 is 1.92 bits per heavy atom. The Labute approximate surface area is 85.1 Å². The number of carbonyl (C=O) groups is 1. The van der Waals surface area contributed by atoms with Crippen LogP contribution in [0.1, 0.15) is 26.7 Å². The van der Waals surface area contributed by atoms with E-state index in [0.29, 0.717) is 22.6 Å². The summed E-state index contributed by atoms with van der Waals surface area (Å²) in [6.07, 6.45) is 6.55. The summed E-state index contributed by atoms with van der Waals surface area (Å²) >= 11 is 0. The smallest absolute Gasteiger partial charge is 0.133 e. The van der Waals surface area contributed by atoms with Gasteiger partial charge in [0.2, 0.25) is 0 Å². The van der Waals surface area contributed by atoms with Crippen LogP contribution in [0.2, 0.25) is 0 Å². The van der Waals surface area contributed by atoms with E-state index in [-0.39, 0.29) is 12.4 Å². The molecule has 3 heteroatoms. The zero-order chi connectivity index (χ0) is 8.85. The average molecular weight is 211 g/mol. The highest BCUT2D eigenvalue weighted by Crippen LogP contribution is 2.10. The molecule has 0 aliphatic carbocycles. The predicted octanol–water partition coefficient (Wildman–Crippen LogP) is -1.13. The number of hydrogen-bond acceptors (Lipinski definition) is 1. The molecular formula is C9H19ClOS. The second-order valence-corrected chi connectivity index (χ2v) is 5.57. The lowest BCUT2D eigenvalue weighted by atomic mass is 10.00. The van der Waals surface area contributed by atoms with Gasteiger partial charge >= 0.3 is 0 Å². The van der Waals surface area contributed by atoms with E-state index in [2.05, 4.69) is 19.4 Å². The number of Topliss-reactive ketones (excluding diaryl/α,β-unsaturated/α-hetero) is 1. The molecule has 0 saturated carbocycles. The van der Waals surface area contributed by atoms with Crippen molar-refractivity contribution in [3.63, 3.8) is 0 Å². The lowest BCUT2D eigenvalue weighted by Crippen LogP contribution is -3.00. The highest BCUT2D eigenvalue weighted by atomic mass is 35.5. The zero-order valence-electron chi connectivity index (χ0n) is 8.39. The monoisotopic (exact) mass is 210 g/mol. The maximum atomic E-state index is 11.0. The SMILES string of the molecule is CC[C@@H](CC[S+](C)C)C(C)=O.[Cl-]. The van der Waals surface area contributed by atoms with Crippen molar-refractivity contribution in [1.29, 1.82) is 0 Å². The first-order valence-corrected chi connectivity index (χ1v) is 6.33. The van der Waals surface area contributed by atoms with Crippen molar-refractivity contribution in [3.05, 3.63) is 0 Å². The van der Waals surface area contributed by atoms with Gasteiger partial charge in [-0.25, -0.2) is 0 Å². The van der Waals surface area contributed by atoms with Gasteiger partial charge in [0.1, 0.15) is 11.5 Å². The third kappa shape index (κ3) is 6.99. The van der Waals surface area contributed by atoms with Gasteiger partial charge in [0, 0.05) is 12.3 Å². The van der Waals surface area contributed by atoms with Gasteiger partial charge in [-0.1, -0.05) is 6.92 Å². The number of rotatable bonds is 5. The first kappa shape index (κ1) is 14.8. The van der Waals surface area contributed by atoms with Crippen molar-refractivity contribution in [1.82, 2.24) is 0 Å². The van der Waals surface area contributed by atoms with Gasteiger partial charge in [0.05, 0.1) is 12.5 Å². The van der Waals surface area contributed by atoms with E-state index < -0.39 is 0 Å². The molecule has 1 nitrogen and oxygen atoms in total. The molecule has 0 aromatic carbocycles. The van der Waals surface area contributed by atoms with Crippen molar-refractivity contribution in [2.75, 3.05) is 18.3 Å². The third-order valence-corrected chi connectivity index (χ3v) is 2.99.